The van der Waals surface area contributed by atoms with Crippen LogP contribution in [0.3, 0.4) is 0 Å². The standard InChI is InChI=1S/C23H18N4S/c1-15-10-19(17-6-4-3-5-7-17)11-16(2)22(15)27-13-25-26-23(27)18-8-9-21-20(12-18)24-14-28-21/h3-14H,1-2H3. The molecule has 0 amide bonds. The molecule has 0 saturated carbocycles. The molecule has 5 heteroatoms. The molecule has 0 unspecified atom stereocenters. The number of rotatable bonds is 3. The molecule has 2 heterocycles. The minimum Gasteiger partial charge on any atom is -0.281 e. The van der Waals surface area contributed by atoms with E-state index in [1.54, 1.807) is 17.7 Å². The van der Waals surface area contributed by atoms with Gasteiger partial charge in [-0.2, -0.15) is 0 Å². The van der Waals surface area contributed by atoms with E-state index in [1.807, 2.05) is 11.6 Å². The molecular formula is C23H18N4S. The molecule has 2 aromatic heterocycles. The second kappa shape index (κ2) is 6.69. The lowest BCUT2D eigenvalue weighted by Gasteiger charge is -2.15. The summed E-state index contributed by atoms with van der Waals surface area (Å²) in [6.45, 7) is 4.28. The van der Waals surface area contributed by atoms with Crippen LogP contribution in [-0.2, 0) is 0 Å². The normalized spacial score (nSPS) is 11.2. The van der Waals surface area contributed by atoms with Crippen molar-refractivity contribution < 1.29 is 0 Å². The van der Waals surface area contributed by atoms with Gasteiger partial charge >= 0.3 is 0 Å². The predicted octanol–water partition coefficient (Wildman–Crippen LogP) is 5.83. The molecule has 0 saturated heterocycles. The van der Waals surface area contributed by atoms with E-state index in [9.17, 15) is 0 Å². The third-order valence-electron chi connectivity index (χ3n) is 4.98. The van der Waals surface area contributed by atoms with Gasteiger partial charge in [0.05, 0.1) is 21.4 Å². The van der Waals surface area contributed by atoms with E-state index in [0.717, 1.165) is 22.6 Å². The summed E-state index contributed by atoms with van der Waals surface area (Å²) < 4.78 is 3.25. The molecule has 5 aromatic rings. The van der Waals surface area contributed by atoms with Crippen molar-refractivity contribution in [2.75, 3.05) is 0 Å². The van der Waals surface area contributed by atoms with E-state index >= 15 is 0 Å². The number of nitrogens with zero attached hydrogens (tertiary/aromatic N) is 4. The van der Waals surface area contributed by atoms with Crippen molar-refractivity contribution in [1.29, 1.82) is 0 Å². The Bertz CT molecular complexity index is 1260. The first-order valence-electron chi connectivity index (χ1n) is 9.11. The van der Waals surface area contributed by atoms with Gasteiger partial charge in [-0.1, -0.05) is 30.3 Å². The van der Waals surface area contributed by atoms with E-state index in [0.29, 0.717) is 0 Å². The average molecular weight is 382 g/mol. The van der Waals surface area contributed by atoms with Crippen LogP contribution in [0.2, 0.25) is 0 Å². The first-order valence-corrected chi connectivity index (χ1v) is 9.99. The maximum atomic E-state index is 4.43. The van der Waals surface area contributed by atoms with Gasteiger partial charge in [0.2, 0.25) is 0 Å². The zero-order chi connectivity index (χ0) is 19.1. The molecule has 3 aromatic carbocycles. The summed E-state index contributed by atoms with van der Waals surface area (Å²) >= 11 is 1.64. The van der Waals surface area contributed by atoms with Crippen molar-refractivity contribution in [3.05, 3.63) is 83.6 Å². The van der Waals surface area contributed by atoms with Crippen LogP contribution in [0, 0.1) is 13.8 Å². The van der Waals surface area contributed by atoms with Gasteiger partial charge in [-0.05, 0) is 66.4 Å². The average Bonchev–Trinajstić information content (AvgIpc) is 3.37. The number of fused-ring (bicyclic) bond motifs is 1. The van der Waals surface area contributed by atoms with Crippen LogP contribution in [0.1, 0.15) is 11.1 Å². The SMILES string of the molecule is Cc1cc(-c2ccccc2)cc(C)c1-n1cnnc1-c1ccc2scnc2c1. The Kier molecular flexibility index (Phi) is 4.02. The molecule has 0 fully saturated rings. The fourth-order valence-corrected chi connectivity index (χ4v) is 4.38. The van der Waals surface area contributed by atoms with Crippen LogP contribution in [-0.4, -0.2) is 19.7 Å². The molecule has 0 atom stereocenters. The lowest BCUT2D eigenvalue weighted by Crippen LogP contribution is -2.02. The van der Waals surface area contributed by atoms with Crippen LogP contribution < -0.4 is 0 Å². The number of hydrogen-bond donors (Lipinski definition) is 0. The maximum absolute atomic E-state index is 4.43. The summed E-state index contributed by atoms with van der Waals surface area (Å²) in [5.41, 5.74) is 9.82. The summed E-state index contributed by atoms with van der Waals surface area (Å²) in [5, 5.41) is 8.61. The Labute approximate surface area is 167 Å². The third-order valence-corrected chi connectivity index (χ3v) is 5.79. The Morgan fingerprint density at radius 3 is 2.39 bits per heavy atom. The van der Waals surface area contributed by atoms with E-state index in [2.05, 4.69) is 88.2 Å². The van der Waals surface area contributed by atoms with E-state index in [1.165, 1.54) is 27.0 Å². The summed E-state index contributed by atoms with van der Waals surface area (Å²) in [4.78, 5) is 4.43. The molecule has 0 aliphatic carbocycles. The predicted molar refractivity (Wildman–Crippen MR) is 115 cm³/mol. The molecule has 28 heavy (non-hydrogen) atoms. The third kappa shape index (κ3) is 2.80. The second-order valence-corrected chi connectivity index (χ2v) is 7.77. The number of thiazole rings is 1. The molecule has 0 spiro atoms. The topological polar surface area (TPSA) is 43.6 Å². The van der Waals surface area contributed by atoms with Crippen molar-refractivity contribution in [2.24, 2.45) is 0 Å². The molecule has 136 valence electrons. The molecular weight excluding hydrogens is 364 g/mol. The molecule has 4 nitrogen and oxygen atoms in total. The van der Waals surface area contributed by atoms with Gasteiger partial charge < -0.3 is 0 Å². The van der Waals surface area contributed by atoms with E-state index in [4.69, 9.17) is 0 Å². The van der Waals surface area contributed by atoms with Crippen LogP contribution in [0.5, 0.6) is 0 Å². The molecule has 0 bridgehead atoms. The van der Waals surface area contributed by atoms with E-state index in [-0.39, 0.29) is 0 Å². The smallest absolute Gasteiger partial charge is 0.168 e. The highest BCUT2D eigenvalue weighted by atomic mass is 32.1. The van der Waals surface area contributed by atoms with Crippen molar-refractivity contribution in [3.8, 4) is 28.2 Å². The van der Waals surface area contributed by atoms with Crippen molar-refractivity contribution in [2.45, 2.75) is 13.8 Å². The van der Waals surface area contributed by atoms with Gasteiger partial charge in [-0.3, -0.25) is 4.57 Å². The van der Waals surface area contributed by atoms with Gasteiger partial charge in [0, 0.05) is 5.56 Å². The number of aryl methyl sites for hydroxylation is 2. The first kappa shape index (κ1) is 16.8. The fraction of sp³-hybridized carbons (Fsp3) is 0.0870. The highest BCUT2D eigenvalue weighted by Gasteiger charge is 2.15. The van der Waals surface area contributed by atoms with Gasteiger partial charge in [0.1, 0.15) is 6.33 Å². The molecule has 0 aliphatic rings. The van der Waals surface area contributed by atoms with Crippen LogP contribution in [0.15, 0.2) is 72.5 Å². The van der Waals surface area contributed by atoms with Crippen LogP contribution >= 0.6 is 11.3 Å². The zero-order valence-electron chi connectivity index (χ0n) is 15.6. The van der Waals surface area contributed by atoms with Gasteiger partial charge in [-0.25, -0.2) is 4.98 Å². The Morgan fingerprint density at radius 1 is 0.821 bits per heavy atom. The summed E-state index contributed by atoms with van der Waals surface area (Å²) in [7, 11) is 0. The van der Waals surface area contributed by atoms with Crippen molar-refractivity contribution in [1.82, 2.24) is 19.7 Å². The Balaban J connectivity index is 1.64. The van der Waals surface area contributed by atoms with Crippen LogP contribution in [0.25, 0.3) is 38.4 Å². The van der Waals surface area contributed by atoms with Crippen molar-refractivity contribution in [3.63, 3.8) is 0 Å². The highest BCUT2D eigenvalue weighted by Crippen LogP contribution is 2.31. The zero-order valence-corrected chi connectivity index (χ0v) is 16.4. The molecule has 0 N–H and O–H groups in total. The molecule has 0 aliphatic heterocycles. The highest BCUT2D eigenvalue weighted by molar-refractivity contribution is 7.16. The van der Waals surface area contributed by atoms with Gasteiger partial charge in [0.25, 0.3) is 0 Å². The Morgan fingerprint density at radius 2 is 1.61 bits per heavy atom. The quantitative estimate of drug-likeness (QED) is 0.394. The monoisotopic (exact) mass is 382 g/mol. The lowest BCUT2D eigenvalue weighted by molar-refractivity contribution is 1.03. The van der Waals surface area contributed by atoms with Gasteiger partial charge in [-0.15, -0.1) is 21.5 Å². The minimum atomic E-state index is 0.827. The number of hydrogen-bond acceptors (Lipinski definition) is 4. The van der Waals surface area contributed by atoms with Gasteiger partial charge in [0.15, 0.2) is 5.82 Å². The fourth-order valence-electron chi connectivity index (χ4n) is 3.73. The summed E-state index contributed by atoms with van der Waals surface area (Å²) in [5.74, 6) is 0.827. The largest absolute Gasteiger partial charge is 0.281 e. The Hall–Kier alpha value is -3.31. The lowest BCUT2D eigenvalue weighted by atomic mass is 9.98. The summed E-state index contributed by atoms with van der Waals surface area (Å²) in [6.07, 6.45) is 1.79. The van der Waals surface area contributed by atoms with E-state index < -0.39 is 0 Å². The second-order valence-electron chi connectivity index (χ2n) is 6.88. The van der Waals surface area contributed by atoms with Crippen LogP contribution in [0.4, 0.5) is 0 Å². The summed E-state index contributed by atoms with van der Waals surface area (Å²) in [6, 6.07) is 21.2. The number of benzene rings is 3. The maximum Gasteiger partial charge on any atom is 0.168 e. The molecule has 5 rings (SSSR count). The first-order chi connectivity index (χ1) is 13.7. The molecule has 0 radical (unpaired) electrons. The van der Waals surface area contributed by atoms with Crippen molar-refractivity contribution >= 4 is 21.6 Å². The number of aromatic nitrogens is 4. The minimum absolute atomic E-state index is 0.827.